The predicted molar refractivity (Wildman–Crippen MR) is 150 cm³/mol. The Morgan fingerprint density at radius 2 is 1.16 bits per heavy atom. The van der Waals surface area contributed by atoms with Gasteiger partial charge in [0, 0.05) is 16.5 Å². The fourth-order valence-corrected chi connectivity index (χ4v) is 6.62. The van der Waals surface area contributed by atoms with Crippen LogP contribution in [0.3, 0.4) is 0 Å². The number of hydrogen-bond acceptors (Lipinski definition) is 3. The predicted octanol–water partition coefficient (Wildman–Crippen LogP) is 8.76. The summed E-state index contributed by atoms with van der Waals surface area (Å²) in [4.78, 5) is 13.6. The SMILES string of the molecule is Clc1nc(-c2ccccc2)nc(-c2cccc(-c3cccc4c3-c3ccccc3C43CCCCC3)c2)n1. The summed E-state index contributed by atoms with van der Waals surface area (Å²) in [7, 11) is 0. The molecular weight excluding hydrogens is 474 g/mol. The second kappa shape index (κ2) is 8.93. The topological polar surface area (TPSA) is 38.7 Å². The van der Waals surface area contributed by atoms with E-state index in [0.29, 0.717) is 11.6 Å². The zero-order valence-electron chi connectivity index (χ0n) is 20.5. The molecule has 2 aliphatic rings. The average Bonchev–Trinajstić information content (AvgIpc) is 3.23. The van der Waals surface area contributed by atoms with Crippen LogP contribution in [0, 0.1) is 0 Å². The van der Waals surface area contributed by atoms with Gasteiger partial charge >= 0.3 is 0 Å². The van der Waals surface area contributed by atoms with Crippen molar-refractivity contribution in [2.45, 2.75) is 37.5 Å². The average molecular weight is 500 g/mol. The summed E-state index contributed by atoms with van der Waals surface area (Å²) in [6, 6.07) is 34.3. The van der Waals surface area contributed by atoms with E-state index >= 15 is 0 Å². The van der Waals surface area contributed by atoms with Crippen LogP contribution < -0.4 is 0 Å². The Kier molecular flexibility index (Phi) is 5.40. The van der Waals surface area contributed by atoms with Gasteiger partial charge in [-0.3, -0.25) is 0 Å². The third-order valence-electron chi connectivity index (χ3n) is 8.07. The second-order valence-electron chi connectivity index (χ2n) is 10.1. The highest BCUT2D eigenvalue weighted by atomic mass is 35.5. The first kappa shape index (κ1) is 22.4. The molecule has 0 amide bonds. The lowest BCUT2D eigenvalue weighted by atomic mass is 9.68. The summed E-state index contributed by atoms with van der Waals surface area (Å²) in [5.41, 5.74) is 10.2. The number of rotatable bonds is 3. The molecule has 0 radical (unpaired) electrons. The van der Waals surface area contributed by atoms with Gasteiger partial charge in [-0.1, -0.05) is 110 Å². The number of halogens is 1. The normalized spacial score (nSPS) is 15.4. The summed E-state index contributed by atoms with van der Waals surface area (Å²) in [5.74, 6) is 1.16. The van der Waals surface area contributed by atoms with E-state index in [-0.39, 0.29) is 10.7 Å². The first-order valence-corrected chi connectivity index (χ1v) is 13.4. The van der Waals surface area contributed by atoms with Gasteiger partial charge < -0.3 is 0 Å². The number of hydrogen-bond donors (Lipinski definition) is 0. The van der Waals surface area contributed by atoms with E-state index in [9.17, 15) is 0 Å². The van der Waals surface area contributed by atoms with Gasteiger partial charge in [0.15, 0.2) is 11.6 Å². The summed E-state index contributed by atoms with van der Waals surface area (Å²) in [6.07, 6.45) is 6.37. The van der Waals surface area contributed by atoms with E-state index in [1.54, 1.807) is 0 Å². The van der Waals surface area contributed by atoms with Crippen molar-refractivity contribution in [3.8, 4) is 45.0 Å². The van der Waals surface area contributed by atoms with Crippen molar-refractivity contribution in [3.63, 3.8) is 0 Å². The van der Waals surface area contributed by atoms with Crippen molar-refractivity contribution >= 4 is 11.6 Å². The molecule has 0 unspecified atom stereocenters. The molecule has 0 bridgehead atoms. The molecule has 1 saturated carbocycles. The molecule has 1 aromatic heterocycles. The minimum Gasteiger partial charge on any atom is -0.208 e. The van der Waals surface area contributed by atoms with Gasteiger partial charge in [0.25, 0.3) is 0 Å². The largest absolute Gasteiger partial charge is 0.226 e. The standard InChI is InChI=1S/C33H26ClN3/c34-32-36-30(22-11-3-1-4-12-22)35-31(37-32)24-14-9-13-23(21-24)25-16-10-18-28-29(25)26-15-5-6-17-27(26)33(28)19-7-2-8-20-33/h1,3-6,9-18,21H,2,7-8,19-20H2. The number of fused-ring (bicyclic) bond motifs is 5. The molecule has 0 N–H and O–H groups in total. The molecule has 180 valence electrons. The van der Waals surface area contributed by atoms with Crippen molar-refractivity contribution < 1.29 is 0 Å². The van der Waals surface area contributed by atoms with Gasteiger partial charge in [-0.05, 0) is 63.9 Å². The third-order valence-corrected chi connectivity index (χ3v) is 8.24. The molecule has 5 aromatic rings. The monoisotopic (exact) mass is 499 g/mol. The van der Waals surface area contributed by atoms with E-state index < -0.39 is 0 Å². The Bertz CT molecular complexity index is 1620. The van der Waals surface area contributed by atoms with Gasteiger partial charge in [0.05, 0.1) is 0 Å². The highest BCUT2D eigenvalue weighted by Gasteiger charge is 2.44. The molecule has 37 heavy (non-hydrogen) atoms. The molecule has 3 nitrogen and oxygen atoms in total. The van der Waals surface area contributed by atoms with Crippen LogP contribution in [0.2, 0.25) is 5.28 Å². The van der Waals surface area contributed by atoms with Crippen molar-refractivity contribution in [1.82, 2.24) is 15.0 Å². The summed E-state index contributed by atoms with van der Waals surface area (Å²) < 4.78 is 0. The maximum absolute atomic E-state index is 6.36. The van der Waals surface area contributed by atoms with E-state index in [0.717, 1.165) is 16.7 Å². The van der Waals surface area contributed by atoms with Crippen molar-refractivity contribution in [2.24, 2.45) is 0 Å². The first-order chi connectivity index (χ1) is 18.2. The molecule has 7 rings (SSSR count). The van der Waals surface area contributed by atoms with Gasteiger partial charge in [0.2, 0.25) is 5.28 Å². The lowest BCUT2D eigenvalue weighted by molar-refractivity contribution is 0.353. The van der Waals surface area contributed by atoms with Crippen LogP contribution in [0.25, 0.3) is 45.0 Å². The zero-order valence-corrected chi connectivity index (χ0v) is 21.2. The molecule has 1 heterocycles. The maximum Gasteiger partial charge on any atom is 0.226 e. The van der Waals surface area contributed by atoms with Crippen LogP contribution in [-0.2, 0) is 5.41 Å². The Labute approximate surface area is 222 Å². The zero-order chi connectivity index (χ0) is 24.8. The van der Waals surface area contributed by atoms with E-state index in [2.05, 4.69) is 70.6 Å². The summed E-state index contributed by atoms with van der Waals surface area (Å²) in [5, 5.41) is 0.197. The quantitative estimate of drug-likeness (QED) is 0.249. The first-order valence-electron chi connectivity index (χ1n) is 13.0. The van der Waals surface area contributed by atoms with Crippen LogP contribution >= 0.6 is 11.6 Å². The molecule has 1 fully saturated rings. The van der Waals surface area contributed by atoms with Crippen LogP contribution in [0.1, 0.15) is 43.2 Å². The number of aromatic nitrogens is 3. The van der Waals surface area contributed by atoms with Gasteiger partial charge in [-0.15, -0.1) is 0 Å². The van der Waals surface area contributed by atoms with E-state index in [1.165, 1.54) is 59.9 Å². The summed E-state index contributed by atoms with van der Waals surface area (Å²) >= 11 is 6.36. The Hall–Kier alpha value is -3.82. The van der Waals surface area contributed by atoms with Gasteiger partial charge in [0.1, 0.15) is 0 Å². The molecular formula is C33H26ClN3. The molecule has 4 aromatic carbocycles. The lowest BCUT2D eigenvalue weighted by Crippen LogP contribution is -2.27. The second-order valence-corrected chi connectivity index (χ2v) is 10.5. The van der Waals surface area contributed by atoms with Gasteiger partial charge in [-0.25, -0.2) is 4.98 Å². The minimum absolute atomic E-state index is 0.143. The number of nitrogens with zero attached hydrogens (tertiary/aromatic N) is 3. The van der Waals surface area contributed by atoms with Crippen LogP contribution in [0.4, 0.5) is 0 Å². The van der Waals surface area contributed by atoms with E-state index in [4.69, 9.17) is 16.6 Å². The highest BCUT2D eigenvalue weighted by Crippen LogP contribution is 2.57. The number of benzene rings is 4. The van der Waals surface area contributed by atoms with Crippen molar-refractivity contribution in [2.75, 3.05) is 0 Å². The van der Waals surface area contributed by atoms with Crippen LogP contribution in [0.5, 0.6) is 0 Å². The Morgan fingerprint density at radius 1 is 0.541 bits per heavy atom. The van der Waals surface area contributed by atoms with Crippen LogP contribution in [0.15, 0.2) is 97.1 Å². The molecule has 0 atom stereocenters. The fraction of sp³-hybridized carbons (Fsp3) is 0.182. The van der Waals surface area contributed by atoms with Crippen LogP contribution in [-0.4, -0.2) is 15.0 Å². The van der Waals surface area contributed by atoms with Crippen molar-refractivity contribution in [3.05, 3.63) is 113 Å². The lowest BCUT2D eigenvalue weighted by Gasteiger charge is -2.36. The van der Waals surface area contributed by atoms with Gasteiger partial charge in [-0.2, -0.15) is 9.97 Å². The van der Waals surface area contributed by atoms with E-state index in [1.807, 2.05) is 36.4 Å². The minimum atomic E-state index is 0.143. The van der Waals surface area contributed by atoms with Crippen molar-refractivity contribution in [1.29, 1.82) is 0 Å². The molecule has 2 aliphatic carbocycles. The maximum atomic E-state index is 6.36. The third kappa shape index (κ3) is 3.69. The fourth-order valence-electron chi connectivity index (χ4n) is 6.46. The smallest absolute Gasteiger partial charge is 0.208 e. The Morgan fingerprint density at radius 3 is 2.00 bits per heavy atom. The molecule has 4 heteroatoms. The molecule has 0 aliphatic heterocycles. The highest BCUT2D eigenvalue weighted by molar-refractivity contribution is 6.28. The molecule has 1 spiro atoms. The summed E-state index contributed by atoms with van der Waals surface area (Å²) in [6.45, 7) is 0. The Balaban J connectivity index is 1.37. The molecule has 0 saturated heterocycles.